The minimum atomic E-state index is -3.45. The number of thiophene rings is 1. The summed E-state index contributed by atoms with van der Waals surface area (Å²) < 4.78 is 27.8. The van der Waals surface area contributed by atoms with Gasteiger partial charge in [0, 0.05) is 16.2 Å². The molecule has 19 heavy (non-hydrogen) atoms. The number of aryl methyl sites for hydroxylation is 1. The van der Waals surface area contributed by atoms with Gasteiger partial charge in [-0.25, -0.2) is 13.1 Å². The highest BCUT2D eigenvalue weighted by molar-refractivity contribution is 7.99. The number of aliphatic hydroxyl groups is 1. The van der Waals surface area contributed by atoms with Crippen molar-refractivity contribution in [3.05, 3.63) is 16.5 Å². The largest absolute Gasteiger partial charge is 0.391 e. The lowest BCUT2D eigenvalue weighted by Gasteiger charge is -2.18. The molecule has 108 valence electrons. The van der Waals surface area contributed by atoms with Gasteiger partial charge in [0.15, 0.2) is 0 Å². The monoisotopic (exact) mass is 321 g/mol. The second-order valence-corrected chi connectivity index (χ2v) is 8.92. The zero-order valence-electron chi connectivity index (χ0n) is 11.0. The van der Waals surface area contributed by atoms with Gasteiger partial charge >= 0.3 is 0 Å². The van der Waals surface area contributed by atoms with Crippen molar-refractivity contribution in [2.24, 2.45) is 0 Å². The molecule has 1 heterocycles. The Hall–Kier alpha value is -0.0800. The summed E-state index contributed by atoms with van der Waals surface area (Å²) in [6.07, 6.45) is 5.07. The fraction of sp³-hybridized carbons (Fsp3) is 0.667. The first-order valence-corrected chi connectivity index (χ1v) is 9.82. The van der Waals surface area contributed by atoms with E-state index < -0.39 is 10.0 Å². The quantitative estimate of drug-likeness (QED) is 0.872. The summed E-state index contributed by atoms with van der Waals surface area (Å²) in [5.41, 5.74) is 0.834. The first-order valence-electron chi connectivity index (χ1n) is 6.23. The van der Waals surface area contributed by atoms with Crippen LogP contribution < -0.4 is 4.72 Å². The summed E-state index contributed by atoms with van der Waals surface area (Å²) in [6, 6.07) is 1.67. The molecule has 0 bridgehead atoms. The molecule has 1 fully saturated rings. The van der Waals surface area contributed by atoms with Gasteiger partial charge in [0.25, 0.3) is 0 Å². The lowest BCUT2D eigenvalue weighted by Crippen LogP contribution is -2.38. The van der Waals surface area contributed by atoms with Gasteiger partial charge in [-0.3, -0.25) is 0 Å². The maximum absolute atomic E-state index is 12.3. The predicted octanol–water partition coefficient (Wildman–Crippen LogP) is 2.11. The summed E-state index contributed by atoms with van der Waals surface area (Å²) in [5, 5.41) is 9.52. The molecule has 1 aliphatic rings. The maximum atomic E-state index is 12.3. The highest BCUT2D eigenvalue weighted by Gasteiger charge is 2.31. The van der Waals surface area contributed by atoms with Crippen LogP contribution in [0.3, 0.4) is 0 Å². The number of sulfonamides is 1. The van der Waals surface area contributed by atoms with Crippen molar-refractivity contribution in [1.29, 1.82) is 0 Å². The van der Waals surface area contributed by atoms with E-state index in [-0.39, 0.29) is 12.6 Å². The molecule has 0 radical (unpaired) electrons. The molecule has 2 rings (SSSR count). The molecule has 4 nitrogen and oxygen atoms in total. The van der Waals surface area contributed by atoms with Crippen molar-refractivity contribution in [2.45, 2.75) is 48.3 Å². The topological polar surface area (TPSA) is 66.4 Å². The number of rotatable bonds is 5. The molecule has 1 saturated carbocycles. The van der Waals surface area contributed by atoms with Crippen LogP contribution in [0.2, 0.25) is 0 Å². The maximum Gasteiger partial charge on any atom is 0.250 e. The molecule has 0 spiro atoms. The normalized spacial score (nSPS) is 23.9. The van der Waals surface area contributed by atoms with Crippen LogP contribution in [0.15, 0.2) is 10.3 Å². The van der Waals surface area contributed by atoms with Crippen LogP contribution in [0.5, 0.6) is 0 Å². The highest BCUT2D eigenvalue weighted by Crippen LogP contribution is 2.31. The Morgan fingerprint density at radius 3 is 2.84 bits per heavy atom. The minimum absolute atomic E-state index is 0.0278. The van der Waals surface area contributed by atoms with Crippen molar-refractivity contribution in [3.63, 3.8) is 0 Å². The first kappa shape index (κ1) is 15.3. The Morgan fingerprint density at radius 2 is 2.26 bits per heavy atom. The lowest BCUT2D eigenvalue weighted by molar-refractivity contribution is 0.285. The van der Waals surface area contributed by atoms with E-state index in [0.717, 1.165) is 36.2 Å². The number of hydrogen-bond acceptors (Lipinski definition) is 5. The third kappa shape index (κ3) is 3.33. The van der Waals surface area contributed by atoms with E-state index >= 15 is 0 Å². The van der Waals surface area contributed by atoms with E-state index in [1.165, 1.54) is 0 Å². The van der Waals surface area contributed by atoms with E-state index in [9.17, 15) is 8.42 Å². The summed E-state index contributed by atoms with van der Waals surface area (Å²) in [5.74, 6) is 0. The van der Waals surface area contributed by atoms with E-state index in [2.05, 4.69) is 4.72 Å². The summed E-state index contributed by atoms with van der Waals surface area (Å²) in [4.78, 5) is 0.716. The van der Waals surface area contributed by atoms with Crippen LogP contribution in [0.1, 0.15) is 29.7 Å². The van der Waals surface area contributed by atoms with Crippen LogP contribution in [-0.2, 0) is 16.6 Å². The first-order chi connectivity index (χ1) is 8.97. The van der Waals surface area contributed by atoms with Crippen molar-refractivity contribution >= 4 is 33.1 Å². The van der Waals surface area contributed by atoms with Crippen LogP contribution in [0.4, 0.5) is 0 Å². The van der Waals surface area contributed by atoms with Crippen molar-refractivity contribution in [2.75, 3.05) is 6.26 Å². The Morgan fingerprint density at radius 1 is 1.53 bits per heavy atom. The van der Waals surface area contributed by atoms with Gasteiger partial charge in [-0.15, -0.1) is 11.3 Å². The SMILES string of the molecule is CSC1CCCC1NS(=O)(=O)c1cc(C)c(CO)s1. The summed E-state index contributed by atoms with van der Waals surface area (Å²) >= 11 is 2.88. The Kier molecular flexibility index (Phi) is 4.94. The summed E-state index contributed by atoms with van der Waals surface area (Å²) in [7, 11) is -3.45. The number of nitrogens with one attached hydrogen (secondary N) is 1. The van der Waals surface area contributed by atoms with Gasteiger partial charge in [0.2, 0.25) is 10.0 Å². The second-order valence-electron chi connectivity index (χ2n) is 4.76. The Balaban J connectivity index is 2.17. The minimum Gasteiger partial charge on any atom is -0.391 e. The van der Waals surface area contributed by atoms with E-state index in [0.29, 0.717) is 14.3 Å². The molecule has 2 unspecified atom stereocenters. The van der Waals surface area contributed by atoms with E-state index in [1.807, 2.05) is 13.2 Å². The van der Waals surface area contributed by atoms with Crippen LogP contribution in [-0.4, -0.2) is 31.1 Å². The third-order valence-corrected chi connectivity index (χ3v) is 7.82. The van der Waals surface area contributed by atoms with Gasteiger partial charge in [-0.05, 0) is 37.7 Å². The molecular formula is C12H19NO3S3. The van der Waals surface area contributed by atoms with Gasteiger partial charge in [0.05, 0.1) is 6.61 Å². The molecule has 0 aliphatic heterocycles. The van der Waals surface area contributed by atoms with Gasteiger partial charge in [-0.2, -0.15) is 11.8 Å². The molecule has 0 amide bonds. The summed E-state index contributed by atoms with van der Waals surface area (Å²) in [6.45, 7) is 1.71. The average molecular weight is 321 g/mol. The molecular weight excluding hydrogens is 302 g/mol. The van der Waals surface area contributed by atoms with Crippen LogP contribution >= 0.6 is 23.1 Å². The van der Waals surface area contributed by atoms with Gasteiger partial charge in [-0.1, -0.05) is 6.42 Å². The van der Waals surface area contributed by atoms with Gasteiger partial charge < -0.3 is 5.11 Å². The fourth-order valence-corrected chi connectivity index (χ4v) is 6.18. The van der Waals surface area contributed by atoms with Crippen molar-refractivity contribution in [1.82, 2.24) is 4.72 Å². The molecule has 0 aromatic carbocycles. The van der Waals surface area contributed by atoms with Crippen molar-refractivity contribution < 1.29 is 13.5 Å². The molecule has 1 aromatic rings. The van der Waals surface area contributed by atoms with Crippen molar-refractivity contribution in [3.8, 4) is 0 Å². The third-order valence-electron chi connectivity index (χ3n) is 3.47. The highest BCUT2D eigenvalue weighted by atomic mass is 32.2. The van der Waals surface area contributed by atoms with E-state index in [4.69, 9.17) is 5.11 Å². The zero-order valence-corrected chi connectivity index (χ0v) is 13.5. The molecule has 0 saturated heterocycles. The zero-order chi connectivity index (χ0) is 14.0. The molecule has 1 aliphatic carbocycles. The molecule has 1 aromatic heterocycles. The Bertz CT molecular complexity index is 538. The molecule has 7 heteroatoms. The second kappa shape index (κ2) is 6.13. The Labute approximate surface area is 122 Å². The smallest absolute Gasteiger partial charge is 0.250 e. The van der Waals surface area contributed by atoms with Crippen LogP contribution in [0, 0.1) is 6.92 Å². The number of aliphatic hydroxyl groups excluding tert-OH is 1. The van der Waals surface area contributed by atoms with E-state index in [1.54, 1.807) is 17.8 Å². The molecule has 2 atom stereocenters. The van der Waals surface area contributed by atoms with Gasteiger partial charge in [0.1, 0.15) is 4.21 Å². The average Bonchev–Trinajstić information content (AvgIpc) is 2.95. The lowest BCUT2D eigenvalue weighted by atomic mass is 10.3. The standard InChI is InChI=1S/C12H19NO3S3/c1-8-6-12(18-11(8)7-14)19(15,16)13-9-4-3-5-10(9)17-2/h6,9-10,13-14H,3-5,7H2,1-2H3. The number of hydrogen-bond donors (Lipinski definition) is 2. The van der Waals surface area contributed by atoms with Crippen LogP contribution in [0.25, 0.3) is 0 Å². The fourth-order valence-electron chi connectivity index (χ4n) is 2.38. The predicted molar refractivity (Wildman–Crippen MR) is 80.2 cm³/mol. The number of thioether (sulfide) groups is 1. The molecule has 2 N–H and O–H groups in total.